The predicted octanol–water partition coefficient (Wildman–Crippen LogP) is 2.79. The standard InChI is InChI=1S/C18H18N6O2/c1-11-15(25-2)8-13(9-16(11)26-3)21-18-22-17(20)24(23-18)14-6-4-12(10-19)5-7-14/h4-9H,1-3H3,(H3,20,21,22,23). The minimum absolute atomic E-state index is 0.225. The fourth-order valence-corrected chi connectivity index (χ4v) is 2.53. The number of nitrogens with two attached hydrogens (primary N) is 1. The molecule has 0 aliphatic carbocycles. The SMILES string of the molecule is COc1cc(Nc2nc(N)n(-c3ccc(C#N)cc3)n2)cc(OC)c1C. The van der Waals surface area contributed by atoms with Crippen LogP contribution in [0.1, 0.15) is 11.1 Å². The molecule has 0 aliphatic rings. The van der Waals surface area contributed by atoms with Crippen LogP contribution >= 0.6 is 0 Å². The molecule has 3 N–H and O–H groups in total. The number of rotatable bonds is 5. The predicted molar refractivity (Wildman–Crippen MR) is 98.1 cm³/mol. The molecule has 8 heteroatoms. The quantitative estimate of drug-likeness (QED) is 0.728. The Bertz CT molecular complexity index is 947. The number of methoxy groups -OCH3 is 2. The molecule has 0 unspecified atom stereocenters. The highest BCUT2D eigenvalue weighted by atomic mass is 16.5. The smallest absolute Gasteiger partial charge is 0.248 e. The topological polar surface area (TPSA) is 111 Å². The van der Waals surface area contributed by atoms with Crippen LogP contribution in [0.2, 0.25) is 0 Å². The molecule has 0 atom stereocenters. The number of anilines is 3. The van der Waals surface area contributed by atoms with Crippen molar-refractivity contribution in [3.05, 3.63) is 47.5 Å². The van der Waals surface area contributed by atoms with Gasteiger partial charge in [0.05, 0.1) is 31.5 Å². The molecular formula is C18H18N6O2. The van der Waals surface area contributed by atoms with E-state index in [1.807, 2.05) is 19.1 Å². The second-order valence-electron chi connectivity index (χ2n) is 5.49. The first-order chi connectivity index (χ1) is 12.5. The molecule has 0 amide bonds. The van der Waals surface area contributed by atoms with Crippen LogP contribution < -0.4 is 20.5 Å². The van der Waals surface area contributed by atoms with E-state index < -0.39 is 0 Å². The maximum atomic E-state index is 8.89. The molecule has 0 fully saturated rings. The van der Waals surface area contributed by atoms with E-state index in [0.29, 0.717) is 34.4 Å². The molecule has 132 valence electrons. The van der Waals surface area contributed by atoms with Crippen molar-refractivity contribution in [3.8, 4) is 23.3 Å². The second kappa shape index (κ2) is 7.03. The summed E-state index contributed by atoms with van der Waals surface area (Å²) in [6, 6.07) is 12.6. The molecule has 0 spiro atoms. The lowest BCUT2D eigenvalue weighted by Gasteiger charge is -2.12. The summed E-state index contributed by atoms with van der Waals surface area (Å²) >= 11 is 0. The van der Waals surface area contributed by atoms with E-state index in [2.05, 4.69) is 21.5 Å². The minimum Gasteiger partial charge on any atom is -0.496 e. The fraction of sp³-hybridized carbons (Fsp3) is 0.167. The molecule has 0 aliphatic heterocycles. The van der Waals surface area contributed by atoms with E-state index >= 15 is 0 Å². The highest BCUT2D eigenvalue weighted by Gasteiger charge is 2.12. The normalized spacial score (nSPS) is 10.2. The average Bonchev–Trinajstić information content (AvgIpc) is 3.03. The second-order valence-corrected chi connectivity index (χ2v) is 5.49. The number of hydrogen-bond donors (Lipinski definition) is 2. The Morgan fingerprint density at radius 2 is 1.73 bits per heavy atom. The van der Waals surface area contributed by atoms with Gasteiger partial charge in [-0.2, -0.15) is 14.9 Å². The van der Waals surface area contributed by atoms with E-state index in [-0.39, 0.29) is 5.95 Å². The number of ether oxygens (including phenoxy) is 2. The van der Waals surface area contributed by atoms with Crippen molar-refractivity contribution in [1.82, 2.24) is 14.8 Å². The van der Waals surface area contributed by atoms with Crippen LogP contribution in [0.3, 0.4) is 0 Å². The zero-order chi connectivity index (χ0) is 18.7. The molecule has 1 aromatic heterocycles. The van der Waals surface area contributed by atoms with Gasteiger partial charge in [-0.1, -0.05) is 0 Å². The summed E-state index contributed by atoms with van der Waals surface area (Å²) in [6.07, 6.45) is 0. The molecular weight excluding hydrogens is 332 g/mol. The van der Waals surface area contributed by atoms with Crippen molar-refractivity contribution in [1.29, 1.82) is 5.26 Å². The summed E-state index contributed by atoms with van der Waals surface area (Å²) in [4.78, 5) is 4.23. The minimum atomic E-state index is 0.225. The molecule has 0 bridgehead atoms. The van der Waals surface area contributed by atoms with Crippen LogP contribution in [-0.2, 0) is 0 Å². The first-order valence-electron chi connectivity index (χ1n) is 7.78. The number of nitrogens with one attached hydrogen (secondary N) is 1. The van der Waals surface area contributed by atoms with Crippen molar-refractivity contribution in [2.75, 3.05) is 25.3 Å². The molecule has 0 radical (unpaired) electrons. The number of hydrogen-bond acceptors (Lipinski definition) is 7. The van der Waals surface area contributed by atoms with Crippen molar-refractivity contribution in [2.24, 2.45) is 0 Å². The van der Waals surface area contributed by atoms with Crippen LogP contribution in [-0.4, -0.2) is 29.0 Å². The molecule has 3 aromatic rings. The summed E-state index contributed by atoms with van der Waals surface area (Å²) in [6.45, 7) is 1.91. The highest BCUT2D eigenvalue weighted by molar-refractivity contribution is 5.63. The maximum absolute atomic E-state index is 8.89. The summed E-state index contributed by atoms with van der Waals surface area (Å²) in [5, 5.41) is 16.4. The van der Waals surface area contributed by atoms with E-state index in [0.717, 1.165) is 5.56 Å². The van der Waals surface area contributed by atoms with Gasteiger partial charge in [0.15, 0.2) is 0 Å². The summed E-state index contributed by atoms with van der Waals surface area (Å²) < 4.78 is 12.2. The van der Waals surface area contributed by atoms with Crippen molar-refractivity contribution in [3.63, 3.8) is 0 Å². The number of nitriles is 1. The van der Waals surface area contributed by atoms with Crippen LogP contribution in [0.5, 0.6) is 11.5 Å². The van der Waals surface area contributed by atoms with E-state index in [1.165, 1.54) is 4.68 Å². The van der Waals surface area contributed by atoms with Gasteiger partial charge in [0.25, 0.3) is 0 Å². The van der Waals surface area contributed by atoms with Crippen LogP contribution in [0.15, 0.2) is 36.4 Å². The fourth-order valence-electron chi connectivity index (χ4n) is 2.53. The Balaban J connectivity index is 1.91. The van der Waals surface area contributed by atoms with Crippen LogP contribution in [0.25, 0.3) is 5.69 Å². The number of aromatic nitrogens is 3. The Morgan fingerprint density at radius 3 is 2.27 bits per heavy atom. The molecule has 0 saturated heterocycles. The van der Waals surface area contributed by atoms with Gasteiger partial charge < -0.3 is 20.5 Å². The van der Waals surface area contributed by atoms with Crippen molar-refractivity contribution in [2.45, 2.75) is 6.92 Å². The highest BCUT2D eigenvalue weighted by Crippen LogP contribution is 2.33. The van der Waals surface area contributed by atoms with E-state index in [9.17, 15) is 0 Å². The Morgan fingerprint density at radius 1 is 1.12 bits per heavy atom. The monoisotopic (exact) mass is 350 g/mol. The molecule has 8 nitrogen and oxygen atoms in total. The number of benzene rings is 2. The first-order valence-corrected chi connectivity index (χ1v) is 7.78. The molecule has 2 aromatic carbocycles. The Kier molecular flexibility index (Phi) is 4.62. The Labute approximate surface area is 150 Å². The van der Waals surface area contributed by atoms with Crippen molar-refractivity contribution >= 4 is 17.6 Å². The maximum Gasteiger partial charge on any atom is 0.248 e. The van der Waals surface area contributed by atoms with Crippen molar-refractivity contribution < 1.29 is 9.47 Å². The first kappa shape index (κ1) is 17.1. The van der Waals surface area contributed by atoms with Gasteiger partial charge in [-0.05, 0) is 31.2 Å². The number of nitrogen functional groups attached to an aromatic ring is 1. The largest absolute Gasteiger partial charge is 0.496 e. The molecule has 3 rings (SSSR count). The van der Waals surface area contributed by atoms with Crippen LogP contribution in [0.4, 0.5) is 17.6 Å². The Hall–Kier alpha value is -3.73. The lowest BCUT2D eigenvalue weighted by atomic mass is 10.2. The summed E-state index contributed by atoms with van der Waals surface area (Å²) in [7, 11) is 3.20. The zero-order valence-corrected chi connectivity index (χ0v) is 14.6. The third kappa shape index (κ3) is 3.23. The lowest BCUT2D eigenvalue weighted by molar-refractivity contribution is 0.389. The van der Waals surface area contributed by atoms with Gasteiger partial charge in [0.2, 0.25) is 11.9 Å². The van der Waals surface area contributed by atoms with Crippen LogP contribution in [0, 0.1) is 18.3 Å². The third-order valence-corrected chi connectivity index (χ3v) is 3.88. The van der Waals surface area contributed by atoms with Gasteiger partial charge in [0, 0.05) is 23.4 Å². The lowest BCUT2D eigenvalue weighted by Crippen LogP contribution is -2.02. The third-order valence-electron chi connectivity index (χ3n) is 3.88. The summed E-state index contributed by atoms with van der Waals surface area (Å²) in [5.74, 6) is 1.93. The van der Waals surface area contributed by atoms with Gasteiger partial charge in [-0.3, -0.25) is 0 Å². The number of nitrogens with zero attached hydrogens (tertiary/aromatic N) is 4. The molecule has 0 saturated carbocycles. The van der Waals surface area contributed by atoms with E-state index in [4.69, 9.17) is 20.5 Å². The van der Waals surface area contributed by atoms with Gasteiger partial charge >= 0.3 is 0 Å². The van der Waals surface area contributed by atoms with E-state index in [1.54, 1.807) is 38.5 Å². The van der Waals surface area contributed by atoms with Gasteiger partial charge in [0.1, 0.15) is 11.5 Å². The molecule has 1 heterocycles. The molecule has 26 heavy (non-hydrogen) atoms. The average molecular weight is 350 g/mol. The summed E-state index contributed by atoms with van der Waals surface area (Å²) in [5.41, 5.74) is 8.85. The van der Waals surface area contributed by atoms with Gasteiger partial charge in [-0.15, -0.1) is 5.10 Å². The van der Waals surface area contributed by atoms with Gasteiger partial charge in [-0.25, -0.2) is 0 Å². The zero-order valence-electron chi connectivity index (χ0n) is 14.6.